The molecule has 1 N–H and O–H groups in total. The van der Waals surface area contributed by atoms with E-state index in [1.54, 1.807) is 0 Å². The van der Waals surface area contributed by atoms with Crippen molar-refractivity contribution in [2.24, 2.45) is 5.92 Å². The third-order valence-electron chi connectivity index (χ3n) is 3.34. The largest absolute Gasteiger partial charge is 0.391 e. The van der Waals surface area contributed by atoms with Crippen molar-refractivity contribution < 1.29 is 5.11 Å². The second-order valence-electron chi connectivity index (χ2n) is 3.84. The molecular weight excluding hydrogens is 138 g/mol. The normalized spacial score (nSPS) is 49.6. The van der Waals surface area contributed by atoms with Gasteiger partial charge in [-0.1, -0.05) is 6.92 Å². The van der Waals surface area contributed by atoms with Crippen LogP contribution >= 0.6 is 0 Å². The van der Waals surface area contributed by atoms with E-state index in [1.807, 2.05) is 0 Å². The Hall–Kier alpha value is -0.0800. The Bertz CT molecular complexity index is 138. The third kappa shape index (κ3) is 1.09. The van der Waals surface area contributed by atoms with Gasteiger partial charge in [0, 0.05) is 6.04 Å². The van der Waals surface area contributed by atoms with Gasteiger partial charge >= 0.3 is 0 Å². The Kier molecular flexibility index (Phi) is 1.90. The van der Waals surface area contributed by atoms with Crippen molar-refractivity contribution in [3.8, 4) is 0 Å². The van der Waals surface area contributed by atoms with Gasteiger partial charge in [-0.05, 0) is 38.3 Å². The van der Waals surface area contributed by atoms with Crippen LogP contribution in [0.3, 0.4) is 0 Å². The first kappa shape index (κ1) is 7.56. The summed E-state index contributed by atoms with van der Waals surface area (Å²) in [5.74, 6) is 0.616. The molecule has 64 valence electrons. The second-order valence-corrected chi connectivity index (χ2v) is 3.84. The minimum Gasteiger partial charge on any atom is -0.391 e. The number of piperidine rings is 3. The predicted molar refractivity (Wildman–Crippen MR) is 44.4 cm³/mol. The number of nitrogens with zero attached hydrogens (tertiary/aromatic N) is 1. The topological polar surface area (TPSA) is 23.5 Å². The van der Waals surface area contributed by atoms with Gasteiger partial charge in [-0.25, -0.2) is 0 Å². The monoisotopic (exact) mass is 155 g/mol. The Labute approximate surface area is 68.2 Å². The number of rotatable bonds is 1. The number of hydrogen-bond donors (Lipinski definition) is 1. The van der Waals surface area contributed by atoms with E-state index in [4.69, 9.17) is 0 Å². The standard InChI is InChI=1S/C9H17NO/c1-2-8-9(11)7-3-5-10(8)6-4-7/h7-9,11H,2-6H2,1H3. The SMILES string of the molecule is CCC1C(O)C2CCN1CC2. The molecule has 0 radical (unpaired) electrons. The van der Waals surface area contributed by atoms with Crippen LogP contribution in [0.25, 0.3) is 0 Å². The number of fused-ring (bicyclic) bond motifs is 3. The molecule has 0 amide bonds. The van der Waals surface area contributed by atoms with Crippen LogP contribution in [0.2, 0.25) is 0 Å². The summed E-state index contributed by atoms with van der Waals surface area (Å²) in [6, 6.07) is 0.475. The fraction of sp³-hybridized carbons (Fsp3) is 1.00. The van der Waals surface area contributed by atoms with Crippen LogP contribution < -0.4 is 0 Å². The van der Waals surface area contributed by atoms with Gasteiger partial charge < -0.3 is 5.11 Å². The molecule has 11 heavy (non-hydrogen) atoms. The van der Waals surface area contributed by atoms with Gasteiger partial charge in [0.1, 0.15) is 0 Å². The van der Waals surface area contributed by atoms with Crippen LogP contribution in [0.4, 0.5) is 0 Å². The second kappa shape index (κ2) is 2.76. The van der Waals surface area contributed by atoms with Crippen molar-refractivity contribution in [2.45, 2.75) is 38.3 Å². The molecule has 0 spiro atoms. The minimum atomic E-state index is -0.0255. The van der Waals surface area contributed by atoms with Crippen LogP contribution in [0.5, 0.6) is 0 Å². The van der Waals surface area contributed by atoms with E-state index < -0.39 is 0 Å². The molecule has 2 heteroatoms. The molecule has 3 aliphatic rings. The Morgan fingerprint density at radius 1 is 1.36 bits per heavy atom. The van der Waals surface area contributed by atoms with E-state index in [0.717, 1.165) is 6.42 Å². The van der Waals surface area contributed by atoms with Crippen LogP contribution in [0.1, 0.15) is 26.2 Å². The molecule has 0 aromatic carbocycles. The lowest BCUT2D eigenvalue weighted by atomic mass is 9.80. The minimum absolute atomic E-state index is 0.0255. The number of aliphatic hydroxyl groups is 1. The lowest BCUT2D eigenvalue weighted by Crippen LogP contribution is -2.57. The van der Waals surface area contributed by atoms with Crippen molar-refractivity contribution >= 4 is 0 Å². The lowest BCUT2D eigenvalue weighted by molar-refractivity contribution is -0.0729. The summed E-state index contributed by atoms with van der Waals surface area (Å²) in [6.45, 7) is 4.62. The van der Waals surface area contributed by atoms with E-state index in [1.165, 1.54) is 25.9 Å². The summed E-state index contributed by atoms with van der Waals surface area (Å²) in [5, 5.41) is 9.82. The molecule has 2 nitrogen and oxygen atoms in total. The van der Waals surface area contributed by atoms with Gasteiger partial charge in [0.15, 0.2) is 0 Å². The predicted octanol–water partition coefficient (Wildman–Crippen LogP) is 0.851. The Morgan fingerprint density at radius 2 is 2.00 bits per heavy atom. The van der Waals surface area contributed by atoms with E-state index in [2.05, 4.69) is 11.8 Å². The first-order valence-electron chi connectivity index (χ1n) is 4.75. The van der Waals surface area contributed by atoms with Gasteiger partial charge in [0.05, 0.1) is 6.10 Å². The van der Waals surface area contributed by atoms with Crippen LogP contribution in [-0.2, 0) is 0 Å². The summed E-state index contributed by atoms with van der Waals surface area (Å²) in [4.78, 5) is 2.45. The molecule has 0 saturated carbocycles. The van der Waals surface area contributed by atoms with Crippen LogP contribution in [0, 0.1) is 5.92 Å². The van der Waals surface area contributed by atoms with Crippen molar-refractivity contribution in [1.82, 2.24) is 4.90 Å². The molecule has 3 heterocycles. The molecule has 0 aromatic rings. The van der Waals surface area contributed by atoms with Crippen molar-refractivity contribution in [3.63, 3.8) is 0 Å². The van der Waals surface area contributed by atoms with Gasteiger partial charge in [-0.2, -0.15) is 0 Å². The molecule has 2 bridgehead atoms. The molecule has 2 unspecified atom stereocenters. The van der Waals surface area contributed by atoms with Crippen LogP contribution in [0.15, 0.2) is 0 Å². The fourth-order valence-corrected chi connectivity index (χ4v) is 2.62. The summed E-state index contributed by atoms with van der Waals surface area (Å²) in [5.41, 5.74) is 0. The first-order chi connectivity index (χ1) is 5.33. The maximum absolute atomic E-state index is 9.82. The molecular formula is C9H17NO. The maximum Gasteiger partial charge on any atom is 0.0724 e. The van der Waals surface area contributed by atoms with E-state index in [9.17, 15) is 5.11 Å². The van der Waals surface area contributed by atoms with E-state index in [-0.39, 0.29) is 6.10 Å². The third-order valence-corrected chi connectivity index (χ3v) is 3.34. The van der Waals surface area contributed by atoms with Crippen molar-refractivity contribution in [2.75, 3.05) is 13.1 Å². The zero-order valence-corrected chi connectivity index (χ0v) is 7.16. The average Bonchev–Trinajstić information content (AvgIpc) is 2.06. The van der Waals surface area contributed by atoms with Crippen molar-refractivity contribution in [3.05, 3.63) is 0 Å². The highest BCUT2D eigenvalue weighted by atomic mass is 16.3. The van der Waals surface area contributed by atoms with E-state index >= 15 is 0 Å². The quantitative estimate of drug-likeness (QED) is 0.607. The Balaban J connectivity index is 2.10. The fourth-order valence-electron chi connectivity index (χ4n) is 2.62. The number of hydrogen-bond acceptors (Lipinski definition) is 2. The summed E-state index contributed by atoms with van der Waals surface area (Å²) < 4.78 is 0. The highest BCUT2D eigenvalue weighted by Gasteiger charge is 2.39. The molecule has 0 aromatic heterocycles. The first-order valence-corrected chi connectivity index (χ1v) is 4.75. The smallest absolute Gasteiger partial charge is 0.0724 e. The summed E-state index contributed by atoms with van der Waals surface area (Å²) in [6.07, 6.45) is 3.52. The zero-order valence-electron chi connectivity index (χ0n) is 7.16. The van der Waals surface area contributed by atoms with Gasteiger partial charge in [0.25, 0.3) is 0 Å². The molecule has 3 rings (SSSR count). The van der Waals surface area contributed by atoms with Gasteiger partial charge in [-0.3, -0.25) is 4.90 Å². The summed E-state index contributed by atoms with van der Waals surface area (Å²) >= 11 is 0. The van der Waals surface area contributed by atoms with Crippen molar-refractivity contribution in [1.29, 1.82) is 0 Å². The van der Waals surface area contributed by atoms with Crippen LogP contribution in [-0.4, -0.2) is 35.2 Å². The van der Waals surface area contributed by atoms with Gasteiger partial charge in [-0.15, -0.1) is 0 Å². The molecule has 3 fully saturated rings. The molecule has 0 aliphatic carbocycles. The summed E-state index contributed by atoms with van der Waals surface area (Å²) in [7, 11) is 0. The highest BCUT2D eigenvalue weighted by Crippen LogP contribution is 2.33. The maximum atomic E-state index is 9.82. The lowest BCUT2D eigenvalue weighted by Gasteiger charge is -2.48. The molecule has 2 atom stereocenters. The molecule has 3 saturated heterocycles. The zero-order chi connectivity index (χ0) is 7.84. The molecule has 3 aliphatic heterocycles. The Morgan fingerprint density at radius 3 is 2.36 bits per heavy atom. The highest BCUT2D eigenvalue weighted by molar-refractivity contribution is 4.93. The average molecular weight is 155 g/mol. The van der Waals surface area contributed by atoms with Gasteiger partial charge in [0.2, 0.25) is 0 Å². The van der Waals surface area contributed by atoms with E-state index in [0.29, 0.717) is 12.0 Å². The number of aliphatic hydroxyl groups excluding tert-OH is 1.